The molecule has 0 aliphatic heterocycles. The second-order valence-corrected chi connectivity index (χ2v) is 6.44. The molecule has 0 saturated heterocycles. The van der Waals surface area contributed by atoms with E-state index in [9.17, 15) is 9.59 Å². The largest absolute Gasteiger partial charge is 0.348 e. The van der Waals surface area contributed by atoms with E-state index in [1.807, 2.05) is 18.2 Å². The fourth-order valence-corrected chi connectivity index (χ4v) is 2.70. The lowest BCUT2D eigenvalue weighted by Gasteiger charge is -2.09. The Labute approximate surface area is 167 Å². The van der Waals surface area contributed by atoms with E-state index in [4.69, 9.17) is 16.9 Å². The van der Waals surface area contributed by atoms with Gasteiger partial charge in [0.1, 0.15) is 6.07 Å². The summed E-state index contributed by atoms with van der Waals surface area (Å²) in [6.45, 7) is 0.349. The van der Waals surface area contributed by atoms with Crippen LogP contribution in [0.3, 0.4) is 0 Å². The number of para-hydroxylation sites is 1. The van der Waals surface area contributed by atoms with Crippen LogP contribution in [0.5, 0.6) is 0 Å². The maximum Gasteiger partial charge on any atom is 0.255 e. The summed E-state index contributed by atoms with van der Waals surface area (Å²) in [5, 5.41) is 15.3. The molecular formula is C22H16ClN3O2. The second kappa shape index (κ2) is 8.85. The van der Waals surface area contributed by atoms with E-state index in [1.165, 1.54) is 6.07 Å². The van der Waals surface area contributed by atoms with Crippen molar-refractivity contribution in [3.05, 3.63) is 100 Å². The summed E-state index contributed by atoms with van der Waals surface area (Å²) >= 11 is 5.85. The first-order valence-corrected chi connectivity index (χ1v) is 8.88. The average Bonchev–Trinajstić information content (AvgIpc) is 2.73. The number of carbonyl (C=O) groups is 2. The Morgan fingerprint density at radius 2 is 1.57 bits per heavy atom. The summed E-state index contributed by atoms with van der Waals surface area (Å²) in [5.41, 5.74) is 2.40. The van der Waals surface area contributed by atoms with E-state index in [-0.39, 0.29) is 5.91 Å². The Morgan fingerprint density at radius 3 is 2.29 bits per heavy atom. The molecule has 0 unspecified atom stereocenters. The summed E-state index contributed by atoms with van der Waals surface area (Å²) in [4.78, 5) is 24.9. The van der Waals surface area contributed by atoms with Crippen molar-refractivity contribution in [3.8, 4) is 6.07 Å². The number of halogens is 1. The summed E-state index contributed by atoms with van der Waals surface area (Å²) in [7, 11) is 0. The van der Waals surface area contributed by atoms with E-state index in [0.29, 0.717) is 33.9 Å². The molecular weight excluding hydrogens is 374 g/mol. The van der Waals surface area contributed by atoms with Crippen LogP contribution in [0.25, 0.3) is 0 Å². The lowest BCUT2D eigenvalue weighted by molar-refractivity contribution is 0.0951. The van der Waals surface area contributed by atoms with Crippen LogP contribution in [0.2, 0.25) is 5.02 Å². The predicted molar refractivity (Wildman–Crippen MR) is 108 cm³/mol. The summed E-state index contributed by atoms with van der Waals surface area (Å²) in [5.74, 6) is -0.683. The van der Waals surface area contributed by atoms with Gasteiger partial charge in [-0.25, -0.2) is 0 Å². The van der Waals surface area contributed by atoms with Crippen molar-refractivity contribution in [2.24, 2.45) is 0 Å². The fraction of sp³-hybridized carbons (Fsp3) is 0.0455. The molecule has 6 heteroatoms. The molecule has 3 rings (SSSR count). The minimum absolute atomic E-state index is 0.290. The summed E-state index contributed by atoms with van der Waals surface area (Å²) in [6.07, 6.45) is 0. The number of benzene rings is 3. The number of nitrogens with one attached hydrogen (secondary N) is 2. The highest BCUT2D eigenvalue weighted by atomic mass is 35.5. The molecule has 2 amide bonds. The molecule has 0 heterocycles. The Kier molecular flexibility index (Phi) is 6.05. The van der Waals surface area contributed by atoms with E-state index >= 15 is 0 Å². The molecule has 0 atom stereocenters. The van der Waals surface area contributed by atoms with Gasteiger partial charge in [0.2, 0.25) is 0 Å². The first kappa shape index (κ1) is 19.2. The number of rotatable bonds is 5. The Bertz CT molecular complexity index is 1060. The molecule has 2 N–H and O–H groups in total. The second-order valence-electron chi connectivity index (χ2n) is 6.00. The fourth-order valence-electron chi connectivity index (χ4n) is 2.57. The molecule has 0 fully saturated rings. The topological polar surface area (TPSA) is 82.0 Å². The van der Waals surface area contributed by atoms with Crippen LogP contribution in [-0.4, -0.2) is 11.8 Å². The van der Waals surface area contributed by atoms with Gasteiger partial charge in [-0.3, -0.25) is 9.59 Å². The Morgan fingerprint density at radius 1 is 0.893 bits per heavy atom. The van der Waals surface area contributed by atoms with Gasteiger partial charge in [-0.15, -0.1) is 0 Å². The highest BCUT2D eigenvalue weighted by molar-refractivity contribution is 6.30. The van der Waals surface area contributed by atoms with Gasteiger partial charge in [-0.05, 0) is 48.0 Å². The zero-order chi connectivity index (χ0) is 19.9. The molecule has 3 aromatic rings. The van der Waals surface area contributed by atoms with Crippen molar-refractivity contribution in [2.75, 3.05) is 5.32 Å². The van der Waals surface area contributed by atoms with Crippen LogP contribution in [0.1, 0.15) is 31.8 Å². The quantitative estimate of drug-likeness (QED) is 0.678. The number of anilines is 1. The minimum atomic E-state index is -0.393. The van der Waals surface area contributed by atoms with Crippen LogP contribution >= 0.6 is 11.6 Å². The van der Waals surface area contributed by atoms with E-state index in [1.54, 1.807) is 54.6 Å². The average molecular weight is 390 g/mol. The number of amides is 2. The lowest BCUT2D eigenvalue weighted by atomic mass is 10.1. The third kappa shape index (κ3) is 4.76. The van der Waals surface area contributed by atoms with Gasteiger partial charge in [-0.2, -0.15) is 5.26 Å². The molecule has 0 radical (unpaired) electrons. The normalized spacial score (nSPS) is 10.0. The van der Waals surface area contributed by atoms with Gasteiger partial charge >= 0.3 is 0 Å². The van der Waals surface area contributed by atoms with Gasteiger partial charge in [0, 0.05) is 22.7 Å². The molecule has 0 spiro atoms. The number of nitriles is 1. The maximum atomic E-state index is 12.5. The molecule has 0 aliphatic carbocycles. The van der Waals surface area contributed by atoms with Gasteiger partial charge in [0.25, 0.3) is 11.8 Å². The minimum Gasteiger partial charge on any atom is -0.348 e. The number of nitrogens with zero attached hydrogens (tertiary/aromatic N) is 1. The van der Waals surface area contributed by atoms with Crippen molar-refractivity contribution in [3.63, 3.8) is 0 Å². The summed E-state index contributed by atoms with van der Waals surface area (Å²) < 4.78 is 0. The van der Waals surface area contributed by atoms with Gasteiger partial charge in [-0.1, -0.05) is 41.9 Å². The number of hydrogen-bond donors (Lipinski definition) is 2. The number of hydrogen-bond acceptors (Lipinski definition) is 3. The highest BCUT2D eigenvalue weighted by Crippen LogP contribution is 2.16. The Balaban J connectivity index is 1.69. The van der Waals surface area contributed by atoms with E-state index in [0.717, 1.165) is 5.56 Å². The van der Waals surface area contributed by atoms with Crippen LogP contribution in [0, 0.1) is 11.3 Å². The molecule has 0 aromatic heterocycles. The SMILES string of the molecule is N#Cc1ccccc1NC(=O)c1cccc(C(=O)NCc2ccc(Cl)cc2)c1. The van der Waals surface area contributed by atoms with Crippen LogP contribution < -0.4 is 10.6 Å². The van der Waals surface area contributed by atoms with Crippen LogP contribution in [0.15, 0.2) is 72.8 Å². The van der Waals surface area contributed by atoms with Crippen LogP contribution in [-0.2, 0) is 6.54 Å². The zero-order valence-electron chi connectivity index (χ0n) is 14.8. The van der Waals surface area contributed by atoms with Gasteiger partial charge in [0.15, 0.2) is 0 Å². The van der Waals surface area contributed by atoms with E-state index in [2.05, 4.69) is 10.6 Å². The highest BCUT2D eigenvalue weighted by Gasteiger charge is 2.12. The first-order chi connectivity index (χ1) is 13.6. The van der Waals surface area contributed by atoms with Gasteiger partial charge in [0.05, 0.1) is 11.3 Å². The maximum absolute atomic E-state index is 12.5. The third-order valence-electron chi connectivity index (χ3n) is 4.05. The zero-order valence-corrected chi connectivity index (χ0v) is 15.5. The number of carbonyl (C=O) groups excluding carboxylic acids is 2. The first-order valence-electron chi connectivity index (χ1n) is 8.50. The van der Waals surface area contributed by atoms with Gasteiger partial charge < -0.3 is 10.6 Å². The van der Waals surface area contributed by atoms with Crippen molar-refractivity contribution in [2.45, 2.75) is 6.54 Å². The van der Waals surface area contributed by atoms with Crippen LogP contribution in [0.4, 0.5) is 5.69 Å². The Hall–Kier alpha value is -3.62. The van der Waals surface area contributed by atoms with Crippen molar-refractivity contribution >= 4 is 29.1 Å². The van der Waals surface area contributed by atoms with Crippen molar-refractivity contribution < 1.29 is 9.59 Å². The van der Waals surface area contributed by atoms with Crippen molar-refractivity contribution in [1.29, 1.82) is 5.26 Å². The summed E-state index contributed by atoms with van der Waals surface area (Å²) in [6, 6.07) is 22.3. The standard InChI is InChI=1S/C22H16ClN3O2/c23-19-10-8-15(9-11-19)14-25-21(27)16-5-3-6-17(12-16)22(28)26-20-7-2-1-4-18(20)13-24/h1-12H,14H2,(H,25,27)(H,26,28). The molecule has 28 heavy (non-hydrogen) atoms. The lowest BCUT2D eigenvalue weighted by Crippen LogP contribution is -2.23. The smallest absolute Gasteiger partial charge is 0.255 e. The molecule has 0 saturated carbocycles. The molecule has 5 nitrogen and oxygen atoms in total. The van der Waals surface area contributed by atoms with E-state index < -0.39 is 5.91 Å². The van der Waals surface area contributed by atoms with Crippen molar-refractivity contribution in [1.82, 2.24) is 5.32 Å². The molecule has 0 bridgehead atoms. The molecule has 138 valence electrons. The molecule has 0 aliphatic rings. The monoisotopic (exact) mass is 389 g/mol. The predicted octanol–water partition coefficient (Wildman–Crippen LogP) is 4.39. The third-order valence-corrected chi connectivity index (χ3v) is 4.30. The molecule has 3 aromatic carbocycles.